The molecule has 0 aromatic carbocycles. The first kappa shape index (κ1) is 12.3. The van der Waals surface area contributed by atoms with Gasteiger partial charge in [0, 0.05) is 6.42 Å². The van der Waals surface area contributed by atoms with Crippen LogP contribution in [0.4, 0.5) is 0 Å². The standard InChI is InChI=1S/C11H21ClO2/c1-3-4-5-6-7-11(2)13-9-10(8-12)14-11/h10H,3-9H2,1-2H3/t10-,11-/m1/s1. The van der Waals surface area contributed by atoms with Crippen molar-refractivity contribution in [1.29, 1.82) is 0 Å². The van der Waals surface area contributed by atoms with E-state index in [0.717, 1.165) is 6.42 Å². The first-order chi connectivity index (χ1) is 6.70. The smallest absolute Gasteiger partial charge is 0.166 e. The van der Waals surface area contributed by atoms with Crippen LogP contribution < -0.4 is 0 Å². The Morgan fingerprint density at radius 1 is 1.36 bits per heavy atom. The Morgan fingerprint density at radius 3 is 2.71 bits per heavy atom. The van der Waals surface area contributed by atoms with Crippen LogP contribution in [0.15, 0.2) is 0 Å². The van der Waals surface area contributed by atoms with E-state index in [-0.39, 0.29) is 11.9 Å². The van der Waals surface area contributed by atoms with E-state index in [1.807, 2.05) is 6.92 Å². The van der Waals surface area contributed by atoms with Gasteiger partial charge in [0.1, 0.15) is 0 Å². The van der Waals surface area contributed by atoms with Gasteiger partial charge in [0.15, 0.2) is 5.79 Å². The van der Waals surface area contributed by atoms with Crippen molar-refractivity contribution in [3.05, 3.63) is 0 Å². The maximum Gasteiger partial charge on any atom is 0.166 e. The van der Waals surface area contributed by atoms with Crippen molar-refractivity contribution in [3.63, 3.8) is 0 Å². The zero-order chi connectivity index (χ0) is 10.4. The molecule has 0 N–H and O–H groups in total. The van der Waals surface area contributed by atoms with E-state index < -0.39 is 0 Å². The van der Waals surface area contributed by atoms with Gasteiger partial charge in [-0.05, 0) is 13.3 Å². The minimum atomic E-state index is -0.368. The van der Waals surface area contributed by atoms with Crippen LogP contribution in [0.2, 0.25) is 0 Å². The van der Waals surface area contributed by atoms with Crippen LogP contribution in [-0.2, 0) is 9.47 Å². The van der Waals surface area contributed by atoms with Crippen molar-refractivity contribution < 1.29 is 9.47 Å². The number of halogens is 1. The molecule has 0 aromatic heterocycles. The normalized spacial score (nSPS) is 32.4. The topological polar surface area (TPSA) is 18.5 Å². The molecule has 0 spiro atoms. The van der Waals surface area contributed by atoms with Crippen molar-refractivity contribution >= 4 is 11.6 Å². The van der Waals surface area contributed by atoms with Gasteiger partial charge in [-0.3, -0.25) is 0 Å². The predicted molar refractivity (Wildman–Crippen MR) is 58.7 cm³/mol. The lowest BCUT2D eigenvalue weighted by atomic mass is 10.1. The molecule has 1 aliphatic rings. The molecular formula is C11H21ClO2. The van der Waals surface area contributed by atoms with E-state index >= 15 is 0 Å². The summed E-state index contributed by atoms with van der Waals surface area (Å²) in [6.45, 7) is 4.88. The zero-order valence-electron chi connectivity index (χ0n) is 9.22. The lowest BCUT2D eigenvalue weighted by Gasteiger charge is -2.22. The molecule has 3 heteroatoms. The number of hydrogen-bond donors (Lipinski definition) is 0. The molecule has 0 radical (unpaired) electrons. The van der Waals surface area contributed by atoms with Crippen LogP contribution in [0.3, 0.4) is 0 Å². The molecule has 1 fully saturated rings. The Labute approximate surface area is 91.9 Å². The molecule has 0 unspecified atom stereocenters. The van der Waals surface area contributed by atoms with Crippen LogP contribution in [0.1, 0.15) is 46.0 Å². The summed E-state index contributed by atoms with van der Waals surface area (Å²) < 4.78 is 11.3. The Balaban J connectivity index is 2.16. The van der Waals surface area contributed by atoms with Crippen molar-refractivity contribution in [1.82, 2.24) is 0 Å². The van der Waals surface area contributed by atoms with E-state index in [1.165, 1.54) is 25.7 Å². The van der Waals surface area contributed by atoms with Gasteiger partial charge in [-0.15, -0.1) is 11.6 Å². The fourth-order valence-corrected chi connectivity index (χ4v) is 1.92. The molecule has 1 rings (SSSR count). The highest BCUT2D eigenvalue weighted by molar-refractivity contribution is 6.18. The van der Waals surface area contributed by atoms with Crippen LogP contribution in [-0.4, -0.2) is 24.4 Å². The van der Waals surface area contributed by atoms with Gasteiger partial charge in [-0.1, -0.05) is 26.2 Å². The van der Waals surface area contributed by atoms with Crippen LogP contribution >= 0.6 is 11.6 Å². The van der Waals surface area contributed by atoms with Crippen molar-refractivity contribution in [3.8, 4) is 0 Å². The number of ether oxygens (including phenoxy) is 2. The second kappa shape index (κ2) is 5.94. The average Bonchev–Trinajstić information content (AvgIpc) is 2.56. The summed E-state index contributed by atoms with van der Waals surface area (Å²) in [7, 11) is 0. The second-order valence-corrected chi connectivity index (χ2v) is 4.46. The fraction of sp³-hybridized carbons (Fsp3) is 1.00. The van der Waals surface area contributed by atoms with E-state index in [9.17, 15) is 0 Å². The molecule has 1 aliphatic heterocycles. The third-order valence-electron chi connectivity index (χ3n) is 2.65. The zero-order valence-corrected chi connectivity index (χ0v) is 9.98. The Bertz CT molecular complexity index is 163. The molecule has 0 amide bonds. The average molecular weight is 221 g/mol. The van der Waals surface area contributed by atoms with Gasteiger partial charge < -0.3 is 9.47 Å². The van der Waals surface area contributed by atoms with E-state index in [4.69, 9.17) is 21.1 Å². The minimum absolute atomic E-state index is 0.0906. The summed E-state index contributed by atoms with van der Waals surface area (Å²) in [5, 5.41) is 0. The number of alkyl halides is 1. The van der Waals surface area contributed by atoms with Gasteiger partial charge in [0.05, 0.1) is 18.6 Å². The third-order valence-corrected chi connectivity index (χ3v) is 2.99. The summed E-state index contributed by atoms with van der Waals surface area (Å²) in [6, 6.07) is 0. The fourth-order valence-electron chi connectivity index (χ4n) is 1.77. The van der Waals surface area contributed by atoms with Crippen LogP contribution in [0.25, 0.3) is 0 Å². The number of unbranched alkanes of at least 4 members (excludes halogenated alkanes) is 3. The quantitative estimate of drug-likeness (QED) is 0.505. The monoisotopic (exact) mass is 220 g/mol. The van der Waals surface area contributed by atoms with Gasteiger partial charge in [0.25, 0.3) is 0 Å². The lowest BCUT2D eigenvalue weighted by Crippen LogP contribution is -2.26. The van der Waals surface area contributed by atoms with Crippen molar-refractivity contribution in [2.45, 2.75) is 57.8 Å². The van der Waals surface area contributed by atoms with Gasteiger partial charge >= 0.3 is 0 Å². The van der Waals surface area contributed by atoms with E-state index in [2.05, 4.69) is 6.92 Å². The maximum absolute atomic E-state index is 5.72. The molecule has 84 valence electrons. The summed E-state index contributed by atoms with van der Waals surface area (Å²) in [5.74, 6) is 0.165. The van der Waals surface area contributed by atoms with E-state index in [0.29, 0.717) is 12.5 Å². The molecule has 0 aliphatic carbocycles. The summed E-state index contributed by atoms with van der Waals surface area (Å²) >= 11 is 5.71. The molecule has 2 atom stereocenters. The van der Waals surface area contributed by atoms with Gasteiger partial charge in [0.2, 0.25) is 0 Å². The highest BCUT2D eigenvalue weighted by Crippen LogP contribution is 2.29. The second-order valence-electron chi connectivity index (χ2n) is 4.15. The van der Waals surface area contributed by atoms with E-state index in [1.54, 1.807) is 0 Å². The highest BCUT2D eigenvalue weighted by Gasteiger charge is 2.35. The Hall–Kier alpha value is 0.210. The SMILES string of the molecule is CCCCCC[C@]1(C)OC[C@@H](CCl)O1. The molecule has 1 saturated heterocycles. The largest absolute Gasteiger partial charge is 0.347 e. The minimum Gasteiger partial charge on any atom is -0.347 e. The maximum atomic E-state index is 5.72. The van der Waals surface area contributed by atoms with Gasteiger partial charge in [-0.2, -0.15) is 0 Å². The number of rotatable bonds is 6. The Morgan fingerprint density at radius 2 is 2.14 bits per heavy atom. The lowest BCUT2D eigenvalue weighted by molar-refractivity contribution is -0.156. The van der Waals surface area contributed by atoms with Gasteiger partial charge in [-0.25, -0.2) is 0 Å². The predicted octanol–water partition coefficient (Wildman–Crippen LogP) is 3.33. The van der Waals surface area contributed by atoms with Crippen LogP contribution in [0.5, 0.6) is 0 Å². The Kier molecular flexibility index (Phi) is 5.21. The first-order valence-corrected chi connectivity index (χ1v) is 6.11. The summed E-state index contributed by atoms with van der Waals surface area (Å²) in [4.78, 5) is 0. The molecular weight excluding hydrogens is 200 g/mol. The highest BCUT2D eigenvalue weighted by atomic mass is 35.5. The molecule has 0 bridgehead atoms. The van der Waals surface area contributed by atoms with Crippen molar-refractivity contribution in [2.24, 2.45) is 0 Å². The summed E-state index contributed by atoms with van der Waals surface area (Å²) in [6.07, 6.45) is 6.09. The molecule has 0 saturated carbocycles. The molecule has 1 heterocycles. The third kappa shape index (κ3) is 3.76. The van der Waals surface area contributed by atoms with Crippen LogP contribution in [0, 0.1) is 0 Å². The molecule has 14 heavy (non-hydrogen) atoms. The summed E-state index contributed by atoms with van der Waals surface area (Å²) in [5.41, 5.74) is 0. The van der Waals surface area contributed by atoms with Crippen molar-refractivity contribution in [2.75, 3.05) is 12.5 Å². The molecule has 0 aromatic rings. The molecule has 2 nitrogen and oxygen atoms in total. The number of hydrogen-bond acceptors (Lipinski definition) is 2. The first-order valence-electron chi connectivity index (χ1n) is 5.58.